The normalized spacial score (nSPS) is 10.5. The Labute approximate surface area is 144 Å². The average molecular weight is 337 g/mol. The third kappa shape index (κ3) is 4.05. The predicted molar refractivity (Wildman–Crippen MR) is 91.0 cm³/mol. The Morgan fingerprint density at radius 3 is 2.48 bits per heavy atom. The zero-order chi connectivity index (χ0) is 17.6. The number of rotatable bonds is 5. The van der Waals surface area contributed by atoms with Crippen molar-refractivity contribution in [3.63, 3.8) is 0 Å². The van der Waals surface area contributed by atoms with Gasteiger partial charge >= 0.3 is 0 Å². The molecule has 0 spiro atoms. The summed E-state index contributed by atoms with van der Waals surface area (Å²) in [6.45, 7) is -0.172. The summed E-state index contributed by atoms with van der Waals surface area (Å²) in [5.41, 5.74) is 2.10. The molecule has 0 radical (unpaired) electrons. The van der Waals surface area contributed by atoms with Crippen LogP contribution >= 0.6 is 0 Å². The molecule has 5 nitrogen and oxygen atoms in total. The van der Waals surface area contributed by atoms with Crippen molar-refractivity contribution in [2.24, 2.45) is 0 Å². The number of hydrogen-bond acceptors (Lipinski definition) is 4. The quantitative estimate of drug-likeness (QED) is 0.751. The highest BCUT2D eigenvalue weighted by Gasteiger charge is 2.09. The zero-order valence-corrected chi connectivity index (χ0v) is 13.3. The maximum atomic E-state index is 13.3. The molecule has 0 unspecified atom stereocenters. The van der Waals surface area contributed by atoms with Gasteiger partial charge in [-0.25, -0.2) is 14.4 Å². The van der Waals surface area contributed by atoms with Crippen molar-refractivity contribution in [3.8, 4) is 11.4 Å². The van der Waals surface area contributed by atoms with Gasteiger partial charge in [-0.15, -0.1) is 0 Å². The third-order valence-corrected chi connectivity index (χ3v) is 3.68. The molecule has 0 atom stereocenters. The second kappa shape index (κ2) is 7.63. The van der Waals surface area contributed by atoms with Gasteiger partial charge in [0, 0.05) is 30.1 Å². The Hall–Kier alpha value is -3.12. The number of nitrogens with one attached hydrogen (secondary N) is 1. The molecule has 6 heteroatoms. The molecule has 2 aromatic carbocycles. The summed E-state index contributed by atoms with van der Waals surface area (Å²) in [5, 5.41) is 11.8. The van der Waals surface area contributed by atoms with Gasteiger partial charge in [0.25, 0.3) is 5.91 Å². The highest BCUT2D eigenvalue weighted by molar-refractivity contribution is 5.93. The Kier molecular flexibility index (Phi) is 5.11. The van der Waals surface area contributed by atoms with Crippen molar-refractivity contribution in [1.29, 1.82) is 0 Å². The number of amides is 1. The minimum Gasteiger partial charge on any atom is -0.392 e. The van der Waals surface area contributed by atoms with E-state index in [2.05, 4.69) is 15.3 Å². The van der Waals surface area contributed by atoms with E-state index >= 15 is 0 Å². The van der Waals surface area contributed by atoms with Crippen LogP contribution in [0.15, 0.2) is 60.9 Å². The van der Waals surface area contributed by atoms with Gasteiger partial charge < -0.3 is 10.4 Å². The second-order valence-corrected chi connectivity index (χ2v) is 5.43. The fraction of sp³-hybridized carbons (Fsp3) is 0.105. The summed E-state index contributed by atoms with van der Waals surface area (Å²) in [5.74, 6) is -0.250. The summed E-state index contributed by atoms with van der Waals surface area (Å²) in [4.78, 5) is 20.6. The van der Waals surface area contributed by atoms with Gasteiger partial charge in [0.1, 0.15) is 5.82 Å². The molecule has 3 aromatic rings. The van der Waals surface area contributed by atoms with E-state index in [4.69, 9.17) is 5.11 Å². The lowest BCUT2D eigenvalue weighted by Gasteiger charge is -2.07. The van der Waals surface area contributed by atoms with Crippen molar-refractivity contribution in [2.75, 3.05) is 0 Å². The lowest BCUT2D eigenvalue weighted by molar-refractivity contribution is 0.0950. The minimum atomic E-state index is -0.470. The van der Waals surface area contributed by atoms with E-state index in [1.807, 2.05) is 30.3 Å². The fourth-order valence-electron chi connectivity index (χ4n) is 2.33. The molecule has 0 aliphatic carbocycles. The third-order valence-electron chi connectivity index (χ3n) is 3.68. The molecule has 0 saturated carbocycles. The Bertz CT molecular complexity index is 868. The minimum absolute atomic E-state index is 0.197. The number of carbonyl (C=O) groups is 1. The Balaban J connectivity index is 1.65. The predicted octanol–water partition coefficient (Wildman–Crippen LogP) is 2.71. The molecule has 126 valence electrons. The number of aliphatic hydroxyl groups is 1. The Morgan fingerprint density at radius 1 is 1.08 bits per heavy atom. The van der Waals surface area contributed by atoms with Crippen LogP contribution in [-0.2, 0) is 13.2 Å². The summed E-state index contributed by atoms with van der Waals surface area (Å²) in [6.07, 6.45) is 2.93. The standard InChI is InChI=1S/C19H16FN3O2/c20-17-7-6-13(8-15(17)12-24)9-23-19(25)16-10-21-18(22-11-16)14-4-2-1-3-5-14/h1-8,10-11,24H,9,12H2,(H,23,25). The average Bonchev–Trinajstić information content (AvgIpc) is 2.68. The van der Waals surface area contributed by atoms with Crippen LogP contribution in [-0.4, -0.2) is 21.0 Å². The first-order valence-corrected chi connectivity index (χ1v) is 7.71. The van der Waals surface area contributed by atoms with Gasteiger partial charge in [0.15, 0.2) is 5.82 Å². The summed E-state index contributed by atoms with van der Waals surface area (Å²) in [6, 6.07) is 13.8. The van der Waals surface area contributed by atoms with Crippen molar-refractivity contribution in [1.82, 2.24) is 15.3 Å². The largest absolute Gasteiger partial charge is 0.392 e. The van der Waals surface area contributed by atoms with Crippen molar-refractivity contribution < 1.29 is 14.3 Å². The maximum absolute atomic E-state index is 13.3. The van der Waals surface area contributed by atoms with E-state index in [1.54, 1.807) is 6.07 Å². The molecular weight excluding hydrogens is 321 g/mol. The smallest absolute Gasteiger partial charge is 0.254 e. The van der Waals surface area contributed by atoms with E-state index in [9.17, 15) is 9.18 Å². The van der Waals surface area contributed by atoms with Crippen LogP contribution in [0.5, 0.6) is 0 Å². The number of halogens is 1. The molecule has 25 heavy (non-hydrogen) atoms. The first kappa shape index (κ1) is 16.7. The van der Waals surface area contributed by atoms with E-state index in [1.165, 1.54) is 24.5 Å². The molecule has 0 bridgehead atoms. The first-order chi connectivity index (χ1) is 12.2. The molecule has 1 aromatic heterocycles. The molecule has 1 amide bonds. The van der Waals surface area contributed by atoms with Crippen LogP contribution in [0, 0.1) is 5.82 Å². The monoisotopic (exact) mass is 337 g/mol. The lowest BCUT2D eigenvalue weighted by Crippen LogP contribution is -2.23. The van der Waals surface area contributed by atoms with Gasteiger partial charge in [-0.2, -0.15) is 0 Å². The SMILES string of the molecule is O=C(NCc1ccc(F)c(CO)c1)c1cnc(-c2ccccc2)nc1. The van der Waals surface area contributed by atoms with E-state index in [0.29, 0.717) is 17.0 Å². The van der Waals surface area contributed by atoms with Crippen LogP contribution in [0.4, 0.5) is 4.39 Å². The van der Waals surface area contributed by atoms with Gasteiger partial charge in [0.05, 0.1) is 12.2 Å². The highest BCUT2D eigenvalue weighted by atomic mass is 19.1. The molecular formula is C19H16FN3O2. The highest BCUT2D eigenvalue weighted by Crippen LogP contribution is 2.13. The topological polar surface area (TPSA) is 75.1 Å². The fourth-order valence-corrected chi connectivity index (χ4v) is 2.33. The zero-order valence-electron chi connectivity index (χ0n) is 13.3. The summed E-state index contributed by atoms with van der Waals surface area (Å²) in [7, 11) is 0. The van der Waals surface area contributed by atoms with Crippen molar-refractivity contribution in [2.45, 2.75) is 13.2 Å². The second-order valence-electron chi connectivity index (χ2n) is 5.43. The lowest BCUT2D eigenvalue weighted by atomic mass is 10.1. The van der Waals surface area contributed by atoms with Crippen LogP contribution in [0.3, 0.4) is 0 Å². The number of aromatic nitrogens is 2. The molecule has 0 fully saturated rings. The van der Waals surface area contributed by atoms with Crippen molar-refractivity contribution in [3.05, 3.63) is 83.4 Å². The van der Waals surface area contributed by atoms with Crippen LogP contribution < -0.4 is 5.32 Å². The van der Waals surface area contributed by atoms with Crippen molar-refractivity contribution >= 4 is 5.91 Å². The first-order valence-electron chi connectivity index (χ1n) is 7.71. The maximum Gasteiger partial charge on any atom is 0.254 e. The van der Waals surface area contributed by atoms with Gasteiger partial charge in [-0.05, 0) is 17.7 Å². The van der Waals surface area contributed by atoms with Gasteiger partial charge in [-0.1, -0.05) is 36.4 Å². The number of aliphatic hydroxyl groups excluding tert-OH is 1. The summed E-state index contributed by atoms with van der Waals surface area (Å²) < 4.78 is 13.3. The molecule has 0 aliphatic rings. The molecule has 2 N–H and O–H groups in total. The van der Waals surface area contributed by atoms with Crippen LogP contribution in [0.25, 0.3) is 11.4 Å². The van der Waals surface area contributed by atoms with Crippen LogP contribution in [0.1, 0.15) is 21.5 Å². The molecule has 0 aliphatic heterocycles. The molecule has 0 saturated heterocycles. The van der Waals surface area contributed by atoms with Gasteiger partial charge in [0.2, 0.25) is 0 Å². The van der Waals surface area contributed by atoms with Gasteiger partial charge in [-0.3, -0.25) is 4.79 Å². The number of benzene rings is 2. The number of carbonyl (C=O) groups excluding carboxylic acids is 1. The Morgan fingerprint density at radius 2 is 1.80 bits per heavy atom. The summed E-state index contributed by atoms with van der Waals surface area (Å²) >= 11 is 0. The number of nitrogens with zero attached hydrogens (tertiary/aromatic N) is 2. The van der Waals surface area contributed by atoms with Crippen LogP contribution in [0.2, 0.25) is 0 Å². The van der Waals surface area contributed by atoms with E-state index < -0.39 is 5.82 Å². The molecule has 3 rings (SSSR count). The van der Waals surface area contributed by atoms with E-state index in [0.717, 1.165) is 5.56 Å². The van der Waals surface area contributed by atoms with E-state index in [-0.39, 0.29) is 24.6 Å². The number of hydrogen-bond donors (Lipinski definition) is 2. The molecule has 1 heterocycles.